The molecule has 0 N–H and O–H groups in total. The van der Waals surface area contributed by atoms with Crippen LogP contribution in [0.2, 0.25) is 0 Å². The number of carbonyl (C=O) groups is 1. The lowest BCUT2D eigenvalue weighted by Crippen LogP contribution is -2.26. The Bertz CT molecular complexity index is 1040. The van der Waals surface area contributed by atoms with Gasteiger partial charge in [0, 0.05) is 12.6 Å². The summed E-state index contributed by atoms with van der Waals surface area (Å²) in [7, 11) is 1.77. The van der Waals surface area contributed by atoms with Gasteiger partial charge in [-0.15, -0.1) is 11.3 Å². The van der Waals surface area contributed by atoms with E-state index in [1.807, 2.05) is 54.6 Å². The van der Waals surface area contributed by atoms with Gasteiger partial charge in [0.25, 0.3) is 5.91 Å². The highest BCUT2D eigenvalue weighted by atomic mass is 32.1. The minimum Gasteiger partial charge on any atom is -0.360 e. The molecule has 5 nitrogen and oxygen atoms in total. The van der Waals surface area contributed by atoms with Crippen molar-refractivity contribution in [3.05, 3.63) is 70.9 Å². The van der Waals surface area contributed by atoms with Crippen LogP contribution < -0.4 is 0 Å². The molecule has 0 fully saturated rings. The molecule has 6 heteroatoms. The first kappa shape index (κ1) is 16.5. The third-order valence-corrected chi connectivity index (χ3v) is 5.20. The van der Waals surface area contributed by atoms with Crippen molar-refractivity contribution in [2.45, 2.75) is 13.5 Å². The summed E-state index contributed by atoms with van der Waals surface area (Å²) in [4.78, 5) is 19.3. The van der Waals surface area contributed by atoms with Gasteiger partial charge in [0.2, 0.25) is 0 Å². The standard InChI is InChI=1S/C20H17N3O2S/c1-13-18(19(22-25-13)14-8-4-3-5-9-14)20(24)23(2)12-17-21-15-10-6-7-11-16(15)26-17/h3-11H,12H2,1-2H3. The zero-order valence-electron chi connectivity index (χ0n) is 14.5. The van der Waals surface area contributed by atoms with Crippen LogP contribution in [0.4, 0.5) is 0 Å². The molecule has 0 bridgehead atoms. The molecule has 0 atom stereocenters. The second-order valence-corrected chi connectivity index (χ2v) is 7.18. The van der Waals surface area contributed by atoms with E-state index in [9.17, 15) is 4.79 Å². The summed E-state index contributed by atoms with van der Waals surface area (Å²) < 4.78 is 6.43. The maximum absolute atomic E-state index is 13.0. The molecular formula is C20H17N3O2S. The van der Waals surface area contributed by atoms with Gasteiger partial charge in [-0.25, -0.2) is 4.98 Å². The third kappa shape index (κ3) is 2.99. The van der Waals surface area contributed by atoms with Gasteiger partial charge < -0.3 is 9.42 Å². The highest BCUT2D eigenvalue weighted by molar-refractivity contribution is 7.18. The van der Waals surface area contributed by atoms with E-state index in [-0.39, 0.29) is 5.91 Å². The number of rotatable bonds is 4. The summed E-state index contributed by atoms with van der Waals surface area (Å²) in [6, 6.07) is 17.6. The number of aromatic nitrogens is 2. The Morgan fingerprint density at radius 1 is 1.12 bits per heavy atom. The van der Waals surface area contributed by atoms with Gasteiger partial charge >= 0.3 is 0 Å². The van der Waals surface area contributed by atoms with E-state index in [1.165, 1.54) is 0 Å². The van der Waals surface area contributed by atoms with Crippen molar-refractivity contribution in [3.63, 3.8) is 0 Å². The molecular weight excluding hydrogens is 346 g/mol. The fourth-order valence-corrected chi connectivity index (χ4v) is 3.89. The average Bonchev–Trinajstić information content (AvgIpc) is 3.24. The first-order valence-electron chi connectivity index (χ1n) is 8.25. The van der Waals surface area contributed by atoms with Crippen molar-refractivity contribution < 1.29 is 9.32 Å². The molecule has 26 heavy (non-hydrogen) atoms. The highest BCUT2D eigenvalue weighted by Crippen LogP contribution is 2.27. The molecule has 130 valence electrons. The predicted octanol–water partition coefficient (Wildman–Crippen LogP) is 4.53. The Morgan fingerprint density at radius 2 is 1.85 bits per heavy atom. The van der Waals surface area contributed by atoms with Crippen LogP contribution in [0.3, 0.4) is 0 Å². The third-order valence-electron chi connectivity index (χ3n) is 4.18. The van der Waals surface area contributed by atoms with Crippen molar-refractivity contribution in [2.75, 3.05) is 7.05 Å². The molecule has 2 heterocycles. The number of benzene rings is 2. The second kappa shape index (κ2) is 6.72. The Kier molecular flexibility index (Phi) is 4.26. The van der Waals surface area contributed by atoms with Crippen molar-refractivity contribution in [2.24, 2.45) is 0 Å². The van der Waals surface area contributed by atoms with Gasteiger partial charge in [0.15, 0.2) is 0 Å². The Balaban J connectivity index is 1.62. The van der Waals surface area contributed by atoms with Crippen LogP contribution in [0.25, 0.3) is 21.5 Å². The highest BCUT2D eigenvalue weighted by Gasteiger charge is 2.24. The predicted molar refractivity (Wildman–Crippen MR) is 102 cm³/mol. The van der Waals surface area contributed by atoms with Crippen LogP contribution in [-0.4, -0.2) is 28.0 Å². The molecule has 0 spiro atoms. The Hall–Kier alpha value is -2.99. The smallest absolute Gasteiger partial charge is 0.259 e. The molecule has 0 aliphatic heterocycles. The molecule has 0 aliphatic rings. The van der Waals surface area contributed by atoms with Crippen LogP contribution >= 0.6 is 11.3 Å². The fourth-order valence-electron chi connectivity index (χ4n) is 2.87. The monoisotopic (exact) mass is 363 g/mol. The number of hydrogen-bond donors (Lipinski definition) is 0. The molecule has 1 amide bonds. The number of aryl methyl sites for hydroxylation is 1. The Morgan fingerprint density at radius 3 is 2.62 bits per heavy atom. The minimum absolute atomic E-state index is 0.123. The van der Waals surface area contributed by atoms with E-state index in [1.54, 1.807) is 30.2 Å². The molecule has 0 unspecified atom stereocenters. The number of amides is 1. The van der Waals surface area contributed by atoms with Crippen LogP contribution in [-0.2, 0) is 6.54 Å². The molecule has 2 aromatic heterocycles. The van der Waals surface area contributed by atoms with Gasteiger partial charge in [0.05, 0.1) is 16.8 Å². The van der Waals surface area contributed by atoms with Crippen molar-refractivity contribution in [1.82, 2.24) is 15.0 Å². The van der Waals surface area contributed by atoms with Crippen LogP contribution in [0.15, 0.2) is 59.1 Å². The SMILES string of the molecule is Cc1onc(-c2ccccc2)c1C(=O)N(C)Cc1nc2ccccc2s1. The molecule has 4 rings (SSSR count). The lowest BCUT2D eigenvalue weighted by Gasteiger charge is -2.15. The first-order valence-corrected chi connectivity index (χ1v) is 9.07. The van der Waals surface area contributed by atoms with Crippen LogP contribution in [0.1, 0.15) is 21.1 Å². The average molecular weight is 363 g/mol. The minimum atomic E-state index is -0.123. The molecule has 0 saturated heterocycles. The topological polar surface area (TPSA) is 59.2 Å². The number of para-hydroxylation sites is 1. The van der Waals surface area contributed by atoms with E-state index in [2.05, 4.69) is 10.1 Å². The van der Waals surface area contributed by atoms with Gasteiger partial charge in [-0.2, -0.15) is 0 Å². The van der Waals surface area contributed by atoms with E-state index in [4.69, 9.17) is 4.52 Å². The van der Waals surface area contributed by atoms with Gasteiger partial charge in [-0.05, 0) is 19.1 Å². The lowest BCUT2D eigenvalue weighted by atomic mass is 10.1. The Labute approximate surface area is 154 Å². The maximum Gasteiger partial charge on any atom is 0.259 e. The summed E-state index contributed by atoms with van der Waals surface area (Å²) in [5.74, 6) is 0.395. The second-order valence-electron chi connectivity index (χ2n) is 6.06. The largest absolute Gasteiger partial charge is 0.360 e. The number of fused-ring (bicyclic) bond motifs is 1. The molecule has 2 aromatic carbocycles. The molecule has 0 radical (unpaired) electrons. The maximum atomic E-state index is 13.0. The fraction of sp³-hybridized carbons (Fsp3) is 0.150. The van der Waals surface area contributed by atoms with E-state index < -0.39 is 0 Å². The quantitative estimate of drug-likeness (QED) is 0.534. The first-order chi connectivity index (χ1) is 12.6. The lowest BCUT2D eigenvalue weighted by molar-refractivity contribution is 0.0784. The van der Waals surface area contributed by atoms with E-state index >= 15 is 0 Å². The number of carbonyl (C=O) groups excluding carboxylic acids is 1. The zero-order chi connectivity index (χ0) is 18.1. The van der Waals surface area contributed by atoms with Crippen molar-refractivity contribution in [3.8, 4) is 11.3 Å². The van der Waals surface area contributed by atoms with Gasteiger partial charge in [0.1, 0.15) is 22.0 Å². The number of hydrogen-bond acceptors (Lipinski definition) is 5. The molecule has 4 aromatic rings. The van der Waals surface area contributed by atoms with Crippen molar-refractivity contribution >= 4 is 27.5 Å². The van der Waals surface area contributed by atoms with Crippen LogP contribution in [0, 0.1) is 6.92 Å². The van der Waals surface area contributed by atoms with E-state index in [0.29, 0.717) is 23.6 Å². The van der Waals surface area contributed by atoms with Crippen molar-refractivity contribution in [1.29, 1.82) is 0 Å². The summed E-state index contributed by atoms with van der Waals surface area (Å²) in [5, 5.41) is 5.00. The number of nitrogens with zero attached hydrogens (tertiary/aromatic N) is 3. The summed E-state index contributed by atoms with van der Waals surface area (Å²) in [5.41, 5.74) is 2.89. The molecule has 0 saturated carbocycles. The normalized spacial score (nSPS) is 11.0. The van der Waals surface area contributed by atoms with Gasteiger partial charge in [-0.3, -0.25) is 4.79 Å². The van der Waals surface area contributed by atoms with Gasteiger partial charge in [-0.1, -0.05) is 47.6 Å². The number of thiazole rings is 1. The summed E-state index contributed by atoms with van der Waals surface area (Å²) >= 11 is 1.60. The van der Waals surface area contributed by atoms with Crippen LogP contribution in [0.5, 0.6) is 0 Å². The zero-order valence-corrected chi connectivity index (χ0v) is 15.3. The molecule has 0 aliphatic carbocycles. The summed E-state index contributed by atoms with van der Waals surface area (Å²) in [6.07, 6.45) is 0. The van der Waals surface area contributed by atoms with E-state index in [0.717, 1.165) is 20.8 Å². The summed E-state index contributed by atoms with van der Waals surface area (Å²) in [6.45, 7) is 2.20.